The van der Waals surface area contributed by atoms with E-state index in [4.69, 9.17) is 9.57 Å². The van der Waals surface area contributed by atoms with Crippen molar-refractivity contribution in [2.45, 2.75) is 25.4 Å². The highest BCUT2D eigenvalue weighted by atomic mass is 16.7. The number of aromatic nitrogens is 1. The van der Waals surface area contributed by atoms with Crippen LogP contribution < -0.4 is 5.48 Å². The summed E-state index contributed by atoms with van der Waals surface area (Å²) in [7, 11) is 0. The summed E-state index contributed by atoms with van der Waals surface area (Å²) in [6, 6.07) is 5.82. The van der Waals surface area contributed by atoms with Crippen molar-refractivity contribution in [1.82, 2.24) is 10.5 Å². The van der Waals surface area contributed by atoms with Gasteiger partial charge >= 0.3 is 0 Å². The largest absolute Gasteiger partial charge is 0.381 e. The number of nitrogens with one attached hydrogen (secondary N) is 1. The van der Waals surface area contributed by atoms with Crippen LogP contribution in [-0.2, 0) is 9.57 Å². The average molecular weight is 256 g/mol. The van der Waals surface area contributed by atoms with Crippen LogP contribution in [0.5, 0.6) is 0 Å². The molecule has 98 valence electrons. The van der Waals surface area contributed by atoms with Crippen LogP contribution >= 0.6 is 0 Å². The quantitative estimate of drug-likeness (QED) is 0.718. The Morgan fingerprint density at radius 3 is 2.89 bits per heavy atom. The lowest BCUT2D eigenvalue weighted by atomic mass is 9.94. The molecule has 4 heteroatoms. The SMILES string of the molecule is Cc1cccc(C#CC2=CC3(CCOCC3)ON2)n1. The summed E-state index contributed by atoms with van der Waals surface area (Å²) in [5, 5.41) is 0. The van der Waals surface area contributed by atoms with Crippen LogP contribution in [0.4, 0.5) is 0 Å². The minimum Gasteiger partial charge on any atom is -0.381 e. The fraction of sp³-hybridized carbons (Fsp3) is 0.400. The van der Waals surface area contributed by atoms with Gasteiger partial charge in [-0.1, -0.05) is 6.07 Å². The van der Waals surface area contributed by atoms with Crippen LogP contribution in [0.15, 0.2) is 30.0 Å². The maximum Gasteiger partial charge on any atom is 0.121 e. The van der Waals surface area contributed by atoms with Gasteiger partial charge in [0.05, 0.1) is 0 Å². The number of hydroxylamine groups is 1. The highest BCUT2D eigenvalue weighted by Crippen LogP contribution is 2.30. The van der Waals surface area contributed by atoms with Crippen LogP contribution in [0.2, 0.25) is 0 Å². The Morgan fingerprint density at radius 2 is 2.11 bits per heavy atom. The first-order valence-electron chi connectivity index (χ1n) is 6.46. The van der Waals surface area contributed by atoms with Crippen LogP contribution in [0.25, 0.3) is 0 Å². The first-order valence-corrected chi connectivity index (χ1v) is 6.46. The summed E-state index contributed by atoms with van der Waals surface area (Å²) in [6.07, 6.45) is 3.81. The zero-order chi connectivity index (χ0) is 13.1. The van der Waals surface area contributed by atoms with E-state index in [0.29, 0.717) is 0 Å². The molecule has 2 aliphatic heterocycles. The van der Waals surface area contributed by atoms with Crippen LogP contribution in [0, 0.1) is 18.8 Å². The van der Waals surface area contributed by atoms with Gasteiger partial charge in [-0.2, -0.15) is 0 Å². The Hall–Kier alpha value is -1.83. The van der Waals surface area contributed by atoms with E-state index in [1.807, 2.05) is 25.1 Å². The summed E-state index contributed by atoms with van der Waals surface area (Å²) in [5.41, 5.74) is 5.23. The Morgan fingerprint density at radius 1 is 1.26 bits per heavy atom. The van der Waals surface area contributed by atoms with Crippen molar-refractivity contribution in [3.63, 3.8) is 0 Å². The second-order valence-corrected chi connectivity index (χ2v) is 4.85. The Balaban J connectivity index is 1.76. The lowest BCUT2D eigenvalue weighted by Gasteiger charge is -2.29. The van der Waals surface area contributed by atoms with Crippen molar-refractivity contribution in [2.75, 3.05) is 13.2 Å². The summed E-state index contributed by atoms with van der Waals surface area (Å²) in [5.74, 6) is 6.11. The van der Waals surface area contributed by atoms with Gasteiger partial charge in [-0.3, -0.25) is 10.3 Å². The van der Waals surface area contributed by atoms with Crippen molar-refractivity contribution < 1.29 is 9.57 Å². The predicted molar refractivity (Wildman–Crippen MR) is 70.9 cm³/mol. The van der Waals surface area contributed by atoms with Crippen molar-refractivity contribution in [2.24, 2.45) is 0 Å². The maximum absolute atomic E-state index is 5.66. The van der Waals surface area contributed by atoms with Gasteiger partial charge in [-0.05, 0) is 37.0 Å². The molecule has 1 aromatic heterocycles. The highest BCUT2D eigenvalue weighted by Gasteiger charge is 2.36. The monoisotopic (exact) mass is 256 g/mol. The lowest BCUT2D eigenvalue weighted by Crippen LogP contribution is -2.36. The molecule has 1 fully saturated rings. The first kappa shape index (κ1) is 12.2. The second-order valence-electron chi connectivity index (χ2n) is 4.85. The van der Waals surface area contributed by atoms with E-state index in [0.717, 1.165) is 43.1 Å². The molecule has 1 spiro atoms. The van der Waals surface area contributed by atoms with Crippen LogP contribution in [0.1, 0.15) is 24.2 Å². The molecular weight excluding hydrogens is 240 g/mol. The first-order chi connectivity index (χ1) is 9.26. The van der Waals surface area contributed by atoms with E-state index in [9.17, 15) is 0 Å². The van der Waals surface area contributed by atoms with Crippen LogP contribution in [-0.4, -0.2) is 23.8 Å². The van der Waals surface area contributed by atoms with Crippen molar-refractivity contribution in [3.05, 3.63) is 41.4 Å². The molecule has 3 heterocycles. The van der Waals surface area contributed by atoms with Crippen molar-refractivity contribution in [3.8, 4) is 11.8 Å². The zero-order valence-electron chi connectivity index (χ0n) is 10.9. The standard InChI is InChI=1S/C15H16N2O2/c1-12-3-2-4-13(16-12)5-6-14-11-15(19-17-14)7-9-18-10-8-15/h2-4,11,17H,7-10H2,1H3. The fourth-order valence-corrected chi connectivity index (χ4v) is 2.25. The van der Waals surface area contributed by atoms with Gasteiger partial charge < -0.3 is 4.74 Å². The Labute approximate surface area is 112 Å². The number of pyridine rings is 1. The van der Waals surface area contributed by atoms with E-state index in [2.05, 4.69) is 28.4 Å². The minimum atomic E-state index is -0.234. The van der Waals surface area contributed by atoms with E-state index in [-0.39, 0.29) is 5.60 Å². The average Bonchev–Trinajstić information content (AvgIpc) is 2.80. The minimum absolute atomic E-state index is 0.234. The molecule has 0 aromatic carbocycles. The third-order valence-corrected chi connectivity index (χ3v) is 3.32. The second kappa shape index (κ2) is 5.04. The molecule has 2 aliphatic rings. The topological polar surface area (TPSA) is 43.4 Å². The number of allylic oxidation sites excluding steroid dienone is 1. The smallest absolute Gasteiger partial charge is 0.121 e. The number of nitrogens with zero attached hydrogens (tertiary/aromatic N) is 1. The molecule has 0 bridgehead atoms. The highest BCUT2D eigenvalue weighted by molar-refractivity contribution is 5.38. The molecule has 1 N–H and O–H groups in total. The van der Waals surface area contributed by atoms with Gasteiger partial charge in [-0.25, -0.2) is 4.98 Å². The molecule has 0 unspecified atom stereocenters. The molecule has 0 atom stereocenters. The van der Waals surface area contributed by atoms with Gasteiger partial charge in [0.15, 0.2) is 0 Å². The Kier molecular flexibility index (Phi) is 3.24. The molecule has 0 radical (unpaired) electrons. The van der Waals surface area contributed by atoms with Gasteiger partial charge in [0.25, 0.3) is 0 Å². The van der Waals surface area contributed by atoms with E-state index in [1.54, 1.807) is 0 Å². The zero-order valence-corrected chi connectivity index (χ0v) is 10.9. The number of rotatable bonds is 0. The maximum atomic E-state index is 5.66. The third-order valence-electron chi connectivity index (χ3n) is 3.32. The van der Waals surface area contributed by atoms with Crippen molar-refractivity contribution in [1.29, 1.82) is 0 Å². The molecule has 0 aliphatic carbocycles. The molecule has 3 rings (SSSR count). The number of ether oxygens (including phenoxy) is 1. The fourth-order valence-electron chi connectivity index (χ4n) is 2.25. The summed E-state index contributed by atoms with van der Waals surface area (Å²) in [6.45, 7) is 3.43. The van der Waals surface area contributed by atoms with E-state index in [1.165, 1.54) is 0 Å². The number of aryl methyl sites for hydroxylation is 1. The Bertz CT molecular complexity index is 563. The molecule has 0 saturated carbocycles. The summed E-state index contributed by atoms with van der Waals surface area (Å²) >= 11 is 0. The molecule has 1 saturated heterocycles. The molecule has 0 amide bonds. The van der Waals surface area contributed by atoms with Gasteiger partial charge in [-0.15, -0.1) is 0 Å². The normalized spacial score (nSPS) is 20.4. The van der Waals surface area contributed by atoms with Gasteiger partial charge in [0, 0.05) is 31.7 Å². The summed E-state index contributed by atoms with van der Waals surface area (Å²) in [4.78, 5) is 10.0. The number of hydrogen-bond acceptors (Lipinski definition) is 4. The molecule has 4 nitrogen and oxygen atoms in total. The lowest BCUT2D eigenvalue weighted by molar-refractivity contribution is -0.0981. The molecular formula is C15H16N2O2. The number of hydrogen-bond donors (Lipinski definition) is 1. The summed E-state index contributed by atoms with van der Waals surface area (Å²) < 4.78 is 5.35. The molecule has 1 aromatic rings. The van der Waals surface area contributed by atoms with E-state index >= 15 is 0 Å². The third kappa shape index (κ3) is 2.78. The van der Waals surface area contributed by atoms with E-state index < -0.39 is 0 Å². The van der Waals surface area contributed by atoms with Crippen LogP contribution in [0.3, 0.4) is 0 Å². The van der Waals surface area contributed by atoms with Gasteiger partial charge in [0.2, 0.25) is 0 Å². The van der Waals surface area contributed by atoms with Gasteiger partial charge in [0.1, 0.15) is 17.0 Å². The van der Waals surface area contributed by atoms with Crippen molar-refractivity contribution >= 4 is 0 Å². The molecule has 19 heavy (non-hydrogen) atoms. The predicted octanol–water partition coefficient (Wildman–Crippen LogP) is 1.71.